The lowest BCUT2D eigenvalue weighted by molar-refractivity contribution is 0.0201. The van der Waals surface area contributed by atoms with Gasteiger partial charge in [0.25, 0.3) is 5.56 Å². The van der Waals surface area contributed by atoms with Crippen LogP contribution in [-0.4, -0.2) is 42.0 Å². The van der Waals surface area contributed by atoms with Gasteiger partial charge in [-0.15, -0.1) is 0 Å². The molecule has 7 nitrogen and oxygen atoms in total. The molecule has 2 N–H and O–H groups in total. The van der Waals surface area contributed by atoms with Gasteiger partial charge in [0.1, 0.15) is 12.0 Å². The second kappa shape index (κ2) is 5.83. The first-order valence-corrected chi connectivity index (χ1v) is 5.61. The van der Waals surface area contributed by atoms with Gasteiger partial charge in [-0.05, 0) is 6.92 Å². The topological polar surface area (TPSA) is 87.6 Å². The lowest BCUT2D eigenvalue weighted by atomic mass is 10.2. The van der Waals surface area contributed by atoms with E-state index in [2.05, 4.69) is 4.98 Å². The SMILES string of the molecule is COC(C)CC(O)n1c(N(C)C)cc(=O)[nH]c1=O. The number of hydrogen-bond donors (Lipinski definition) is 2. The smallest absolute Gasteiger partial charge is 0.332 e. The molecule has 0 saturated carbocycles. The molecule has 0 saturated heterocycles. The summed E-state index contributed by atoms with van der Waals surface area (Å²) in [6.45, 7) is 1.79. The molecule has 1 aromatic heterocycles. The molecule has 0 bridgehead atoms. The summed E-state index contributed by atoms with van der Waals surface area (Å²) in [6, 6.07) is 1.27. The predicted octanol–water partition coefficient (Wildman–Crippen LogP) is -0.481. The number of ether oxygens (including phenoxy) is 1. The average Bonchev–Trinajstić information content (AvgIpc) is 2.27. The third-order valence-corrected chi connectivity index (χ3v) is 2.66. The Morgan fingerprint density at radius 3 is 2.61 bits per heavy atom. The number of rotatable bonds is 5. The fourth-order valence-electron chi connectivity index (χ4n) is 1.62. The van der Waals surface area contributed by atoms with Crippen LogP contribution in [0.3, 0.4) is 0 Å². The Morgan fingerprint density at radius 2 is 2.11 bits per heavy atom. The van der Waals surface area contributed by atoms with Gasteiger partial charge in [0, 0.05) is 33.7 Å². The summed E-state index contributed by atoms with van der Waals surface area (Å²) < 4.78 is 6.18. The van der Waals surface area contributed by atoms with Gasteiger partial charge in [0.15, 0.2) is 0 Å². The summed E-state index contributed by atoms with van der Waals surface area (Å²) in [7, 11) is 4.91. The molecule has 2 atom stereocenters. The van der Waals surface area contributed by atoms with Crippen LogP contribution in [-0.2, 0) is 4.74 Å². The zero-order valence-corrected chi connectivity index (χ0v) is 11.0. The van der Waals surface area contributed by atoms with Crippen LogP contribution in [0, 0.1) is 0 Å². The summed E-state index contributed by atoms with van der Waals surface area (Å²) >= 11 is 0. The summed E-state index contributed by atoms with van der Waals surface area (Å²) in [5.41, 5.74) is -1.13. The van der Waals surface area contributed by atoms with Crippen LogP contribution in [0.25, 0.3) is 0 Å². The first kappa shape index (κ1) is 14.5. The van der Waals surface area contributed by atoms with E-state index in [1.54, 1.807) is 25.9 Å². The molecule has 1 rings (SSSR count). The molecular weight excluding hydrogens is 238 g/mol. The Balaban J connectivity index is 3.22. The van der Waals surface area contributed by atoms with Crippen LogP contribution in [0.5, 0.6) is 0 Å². The normalized spacial score (nSPS) is 14.3. The fraction of sp³-hybridized carbons (Fsp3) is 0.636. The van der Waals surface area contributed by atoms with E-state index in [1.165, 1.54) is 13.2 Å². The number of hydrogen-bond acceptors (Lipinski definition) is 5. The summed E-state index contributed by atoms with van der Waals surface area (Å²) in [5, 5.41) is 10.1. The number of aromatic amines is 1. The molecule has 0 aliphatic rings. The molecule has 7 heteroatoms. The number of aliphatic hydroxyl groups excluding tert-OH is 1. The van der Waals surface area contributed by atoms with Crippen molar-refractivity contribution in [3.8, 4) is 0 Å². The predicted molar refractivity (Wildman–Crippen MR) is 68.0 cm³/mol. The van der Waals surface area contributed by atoms with Crippen molar-refractivity contribution in [1.82, 2.24) is 9.55 Å². The third kappa shape index (κ3) is 3.21. The van der Waals surface area contributed by atoms with Crippen LogP contribution in [0.1, 0.15) is 19.6 Å². The highest BCUT2D eigenvalue weighted by atomic mass is 16.5. The molecule has 0 aromatic carbocycles. The Morgan fingerprint density at radius 1 is 1.50 bits per heavy atom. The monoisotopic (exact) mass is 257 g/mol. The molecule has 1 heterocycles. The first-order chi connectivity index (χ1) is 8.36. The number of anilines is 1. The van der Waals surface area contributed by atoms with E-state index in [0.29, 0.717) is 5.82 Å². The van der Waals surface area contributed by atoms with Gasteiger partial charge in [-0.2, -0.15) is 0 Å². The molecule has 1 aromatic rings. The molecule has 2 unspecified atom stereocenters. The summed E-state index contributed by atoms with van der Waals surface area (Å²) in [5.74, 6) is 0.347. The van der Waals surface area contributed by atoms with Gasteiger partial charge >= 0.3 is 5.69 Å². The van der Waals surface area contributed by atoms with E-state index in [1.807, 2.05) is 0 Å². The maximum absolute atomic E-state index is 11.8. The number of nitrogens with one attached hydrogen (secondary N) is 1. The average molecular weight is 257 g/mol. The van der Waals surface area contributed by atoms with Gasteiger partial charge in [0.05, 0.1) is 6.10 Å². The number of nitrogens with zero attached hydrogens (tertiary/aromatic N) is 2. The van der Waals surface area contributed by atoms with Crippen molar-refractivity contribution >= 4 is 5.82 Å². The largest absolute Gasteiger partial charge is 0.382 e. The van der Waals surface area contributed by atoms with E-state index in [-0.39, 0.29) is 12.5 Å². The zero-order valence-electron chi connectivity index (χ0n) is 11.0. The summed E-state index contributed by atoms with van der Waals surface area (Å²) in [6.07, 6.45) is -1.00. The molecule has 0 radical (unpaired) electrons. The van der Waals surface area contributed by atoms with Crippen molar-refractivity contribution in [1.29, 1.82) is 0 Å². The maximum Gasteiger partial charge on any atom is 0.332 e. The van der Waals surface area contributed by atoms with Crippen molar-refractivity contribution in [2.24, 2.45) is 0 Å². The number of H-pyrrole nitrogens is 1. The standard InChI is InChI=1S/C11H19N3O4/c1-7(18-4)5-10(16)14-9(13(2)3)6-8(15)12-11(14)17/h6-7,10,16H,5H2,1-4H3,(H,12,15,17). The second-order valence-electron chi connectivity index (χ2n) is 4.32. The zero-order chi connectivity index (χ0) is 13.9. The van der Waals surface area contributed by atoms with Gasteiger partial charge in [-0.25, -0.2) is 4.79 Å². The van der Waals surface area contributed by atoms with E-state index < -0.39 is 17.5 Å². The maximum atomic E-state index is 11.8. The molecular formula is C11H19N3O4. The van der Waals surface area contributed by atoms with Crippen molar-refractivity contribution in [3.05, 3.63) is 26.9 Å². The highest BCUT2D eigenvalue weighted by molar-refractivity contribution is 5.36. The van der Waals surface area contributed by atoms with Crippen molar-refractivity contribution in [2.45, 2.75) is 25.7 Å². The molecule has 0 spiro atoms. The lowest BCUT2D eigenvalue weighted by Gasteiger charge is -2.23. The van der Waals surface area contributed by atoms with Crippen LogP contribution in [0.15, 0.2) is 15.7 Å². The molecule has 0 aliphatic heterocycles. The quantitative estimate of drug-likeness (QED) is 0.744. The Kier molecular flexibility index (Phi) is 4.69. The highest BCUT2D eigenvalue weighted by Gasteiger charge is 2.18. The van der Waals surface area contributed by atoms with E-state index in [0.717, 1.165) is 4.57 Å². The molecule has 0 amide bonds. The Bertz CT molecular complexity index is 506. The third-order valence-electron chi connectivity index (χ3n) is 2.66. The number of aliphatic hydroxyl groups is 1. The van der Waals surface area contributed by atoms with Crippen molar-refractivity contribution < 1.29 is 9.84 Å². The molecule has 0 aliphatic carbocycles. The van der Waals surface area contributed by atoms with E-state index >= 15 is 0 Å². The minimum Gasteiger partial charge on any atom is -0.382 e. The minimum absolute atomic E-state index is 0.200. The number of methoxy groups -OCH3 is 1. The minimum atomic E-state index is -1.05. The van der Waals surface area contributed by atoms with Gasteiger partial charge in [-0.1, -0.05) is 0 Å². The van der Waals surface area contributed by atoms with Gasteiger partial charge < -0.3 is 14.7 Å². The van der Waals surface area contributed by atoms with Gasteiger partial charge in [0.2, 0.25) is 0 Å². The van der Waals surface area contributed by atoms with Crippen LogP contribution in [0.4, 0.5) is 5.82 Å². The van der Waals surface area contributed by atoms with Gasteiger partial charge in [-0.3, -0.25) is 14.3 Å². The van der Waals surface area contributed by atoms with Crippen LogP contribution >= 0.6 is 0 Å². The highest BCUT2D eigenvalue weighted by Crippen LogP contribution is 2.16. The number of aromatic nitrogens is 2. The van der Waals surface area contributed by atoms with Crippen LogP contribution in [0.2, 0.25) is 0 Å². The Hall–Kier alpha value is -1.60. The Labute approximate surface area is 105 Å². The molecule has 18 heavy (non-hydrogen) atoms. The lowest BCUT2D eigenvalue weighted by Crippen LogP contribution is -2.37. The molecule has 102 valence electrons. The first-order valence-electron chi connectivity index (χ1n) is 5.61. The molecule has 0 fully saturated rings. The van der Waals surface area contributed by atoms with E-state index in [4.69, 9.17) is 4.74 Å². The van der Waals surface area contributed by atoms with Crippen molar-refractivity contribution in [2.75, 3.05) is 26.1 Å². The summed E-state index contributed by atoms with van der Waals surface area (Å²) in [4.78, 5) is 26.7. The van der Waals surface area contributed by atoms with Crippen molar-refractivity contribution in [3.63, 3.8) is 0 Å². The van der Waals surface area contributed by atoms with Crippen LogP contribution < -0.4 is 16.1 Å². The van der Waals surface area contributed by atoms with E-state index in [9.17, 15) is 14.7 Å². The fourth-order valence-corrected chi connectivity index (χ4v) is 1.62. The second-order valence-corrected chi connectivity index (χ2v) is 4.32.